The Morgan fingerprint density at radius 2 is 0.759 bits per heavy atom. The monoisotopic (exact) mass is 734 g/mol. The first-order chi connectivity index (χ1) is 26.6. The Balaban J connectivity index is 1.36. The van der Waals surface area contributed by atoms with Crippen molar-refractivity contribution in [2.45, 2.75) is 90.3 Å². The zero-order chi connectivity index (χ0) is 37.8. The van der Waals surface area contributed by atoms with Crippen molar-refractivity contribution in [3.63, 3.8) is 0 Å². The average molecular weight is 735 g/mol. The molecule has 0 aliphatic carbocycles. The molecule has 0 fully saturated rings. The highest BCUT2D eigenvalue weighted by atomic mass is 16.6. The van der Waals surface area contributed by atoms with Crippen LogP contribution in [0.25, 0.3) is 21.5 Å². The van der Waals surface area contributed by atoms with Crippen LogP contribution in [-0.2, 0) is 19.1 Å². The minimum atomic E-state index is -0.639. The molecule has 54 heavy (non-hydrogen) atoms. The van der Waals surface area contributed by atoms with Gasteiger partial charge in [-0.2, -0.15) is 0 Å². The Morgan fingerprint density at radius 1 is 0.426 bits per heavy atom. The maximum Gasteiger partial charge on any atom is 0.306 e. The number of carbonyl (C=O) groups is 2. The molecule has 0 amide bonds. The van der Waals surface area contributed by atoms with Gasteiger partial charge in [0.15, 0.2) is 12.2 Å². The van der Waals surface area contributed by atoms with Crippen LogP contribution < -0.4 is 18.9 Å². The summed E-state index contributed by atoms with van der Waals surface area (Å²) in [6, 6.07) is 34.7. The van der Waals surface area contributed by atoms with Crippen molar-refractivity contribution >= 4 is 33.5 Å². The van der Waals surface area contributed by atoms with Crippen LogP contribution in [0.5, 0.6) is 23.0 Å². The highest BCUT2D eigenvalue weighted by molar-refractivity contribution is 6.11. The van der Waals surface area contributed by atoms with Gasteiger partial charge in [-0.05, 0) is 37.1 Å². The van der Waals surface area contributed by atoms with Gasteiger partial charge in [-0.3, -0.25) is 9.59 Å². The predicted molar refractivity (Wildman–Crippen MR) is 214 cm³/mol. The number of hydrogen-bond donors (Lipinski definition) is 0. The topological polar surface area (TPSA) is 89.5 Å². The maximum atomic E-state index is 12.9. The van der Waals surface area contributed by atoms with E-state index in [1.807, 2.05) is 109 Å². The number of carbonyl (C=O) groups excluding carboxylic acids is 2. The third-order valence-corrected chi connectivity index (χ3v) is 9.08. The molecule has 0 aliphatic rings. The van der Waals surface area contributed by atoms with Gasteiger partial charge in [0.05, 0.1) is 0 Å². The molecule has 0 spiro atoms. The van der Waals surface area contributed by atoms with E-state index in [1.54, 1.807) is 0 Å². The summed E-state index contributed by atoms with van der Waals surface area (Å²) in [6.45, 7) is 4.76. The normalized spacial score (nSPS) is 12.2. The molecule has 286 valence electrons. The van der Waals surface area contributed by atoms with Crippen molar-refractivity contribution in [2.24, 2.45) is 0 Å². The van der Waals surface area contributed by atoms with Crippen molar-refractivity contribution in [1.82, 2.24) is 0 Å². The summed E-state index contributed by atoms with van der Waals surface area (Å²) >= 11 is 0. The average Bonchev–Trinajstić information content (AvgIpc) is 3.21. The van der Waals surface area contributed by atoms with Gasteiger partial charge in [0.1, 0.15) is 49.4 Å². The van der Waals surface area contributed by atoms with Crippen molar-refractivity contribution < 1.29 is 38.0 Å². The van der Waals surface area contributed by atoms with Gasteiger partial charge >= 0.3 is 11.9 Å². The molecule has 0 aliphatic heterocycles. The van der Waals surface area contributed by atoms with Crippen LogP contribution in [0.1, 0.15) is 78.1 Å². The third-order valence-electron chi connectivity index (χ3n) is 9.08. The van der Waals surface area contributed by atoms with E-state index in [4.69, 9.17) is 28.4 Å². The summed E-state index contributed by atoms with van der Waals surface area (Å²) in [5.41, 5.74) is 0. The molecule has 0 saturated carbocycles. The molecule has 0 bridgehead atoms. The first-order valence-corrected chi connectivity index (χ1v) is 19.5. The van der Waals surface area contributed by atoms with E-state index in [0.717, 1.165) is 72.9 Å². The zero-order valence-corrected chi connectivity index (χ0v) is 31.7. The van der Waals surface area contributed by atoms with Crippen molar-refractivity contribution in [3.8, 4) is 23.0 Å². The highest BCUT2D eigenvalue weighted by Gasteiger charge is 2.23. The molecule has 0 heterocycles. The molecule has 5 aromatic carbocycles. The molecule has 8 heteroatoms. The number of para-hydroxylation sites is 2. The third kappa shape index (κ3) is 12.4. The minimum absolute atomic E-state index is 0.0921. The van der Waals surface area contributed by atoms with Gasteiger partial charge in [-0.1, -0.05) is 137 Å². The first kappa shape index (κ1) is 40.0. The lowest BCUT2D eigenvalue weighted by atomic mass is 10.0. The lowest BCUT2D eigenvalue weighted by Gasteiger charge is -2.23. The molecule has 0 saturated heterocycles. The van der Waals surface area contributed by atoms with E-state index in [2.05, 4.69) is 13.8 Å². The highest BCUT2D eigenvalue weighted by Crippen LogP contribution is 2.43. The van der Waals surface area contributed by atoms with Gasteiger partial charge in [-0.15, -0.1) is 0 Å². The van der Waals surface area contributed by atoms with E-state index in [-0.39, 0.29) is 38.4 Å². The standard InChI is InChI=1S/C46H54O8/c1-3-5-7-15-29-43(47)53-37(31-49-35-21-11-9-12-22-35)33-51-45-39-25-17-19-27-41(39)46(42-28-20-18-26-40(42)45)52-34-38(32-50-36-23-13-10-14-24-36)54-44(48)30-16-8-6-4-2/h9-14,17-28,37-38H,3-8,15-16,29-34H2,1-2H3. The number of ether oxygens (including phenoxy) is 6. The van der Waals surface area contributed by atoms with Crippen LogP contribution in [0.2, 0.25) is 0 Å². The molecular formula is C46H54O8. The predicted octanol–water partition coefficient (Wildman–Crippen LogP) is 10.7. The second-order valence-corrected chi connectivity index (χ2v) is 13.5. The summed E-state index contributed by atoms with van der Waals surface area (Å²) < 4.78 is 37.2. The number of unbranched alkanes of at least 4 members (excludes halogenated alkanes) is 6. The van der Waals surface area contributed by atoms with E-state index >= 15 is 0 Å². The molecule has 2 unspecified atom stereocenters. The molecule has 0 aromatic heterocycles. The fourth-order valence-corrected chi connectivity index (χ4v) is 6.24. The quantitative estimate of drug-likeness (QED) is 0.0352. The molecular weight excluding hydrogens is 680 g/mol. The van der Waals surface area contributed by atoms with Crippen LogP contribution in [0.15, 0.2) is 109 Å². The van der Waals surface area contributed by atoms with Gasteiger partial charge in [0.2, 0.25) is 0 Å². The Morgan fingerprint density at radius 3 is 1.11 bits per heavy atom. The summed E-state index contributed by atoms with van der Waals surface area (Å²) in [5.74, 6) is 2.16. The van der Waals surface area contributed by atoms with Gasteiger partial charge in [0.25, 0.3) is 0 Å². The molecule has 5 aromatic rings. The maximum absolute atomic E-state index is 12.9. The Bertz CT molecular complexity index is 1670. The van der Waals surface area contributed by atoms with E-state index in [9.17, 15) is 9.59 Å². The van der Waals surface area contributed by atoms with Crippen LogP contribution >= 0.6 is 0 Å². The lowest BCUT2D eigenvalue weighted by Crippen LogP contribution is -2.31. The molecule has 2 atom stereocenters. The Labute approximate surface area is 319 Å². The SMILES string of the molecule is CCCCCCC(=O)OC(COc1ccccc1)COc1c2ccccc2c(OCC(COc2ccccc2)OC(=O)CCCCCC)c2ccccc12. The van der Waals surface area contributed by atoms with Gasteiger partial charge < -0.3 is 28.4 Å². The Kier molecular flexibility index (Phi) is 16.3. The molecule has 0 radical (unpaired) electrons. The number of esters is 2. The lowest BCUT2D eigenvalue weighted by molar-refractivity contribution is -0.153. The fraction of sp³-hybridized carbons (Fsp3) is 0.391. The number of fused-ring (bicyclic) bond motifs is 2. The number of hydrogen-bond acceptors (Lipinski definition) is 8. The summed E-state index contributed by atoms with van der Waals surface area (Å²) in [6.07, 6.45) is 7.34. The number of benzene rings is 5. The zero-order valence-electron chi connectivity index (χ0n) is 31.7. The largest absolute Gasteiger partial charge is 0.490 e. The summed E-state index contributed by atoms with van der Waals surface area (Å²) in [7, 11) is 0. The van der Waals surface area contributed by atoms with Crippen LogP contribution in [-0.4, -0.2) is 50.6 Å². The molecule has 0 N–H and O–H groups in total. The molecule has 8 nitrogen and oxygen atoms in total. The summed E-state index contributed by atoms with van der Waals surface area (Å²) in [4.78, 5) is 25.8. The fourth-order valence-electron chi connectivity index (χ4n) is 6.24. The first-order valence-electron chi connectivity index (χ1n) is 19.5. The van der Waals surface area contributed by atoms with E-state index in [0.29, 0.717) is 35.8 Å². The smallest absolute Gasteiger partial charge is 0.306 e. The van der Waals surface area contributed by atoms with Crippen LogP contribution in [0.3, 0.4) is 0 Å². The second kappa shape index (κ2) is 22.1. The second-order valence-electron chi connectivity index (χ2n) is 13.5. The van der Waals surface area contributed by atoms with Crippen LogP contribution in [0, 0.1) is 0 Å². The van der Waals surface area contributed by atoms with E-state index in [1.165, 1.54) is 0 Å². The Hall–Kier alpha value is -5.24. The van der Waals surface area contributed by atoms with Crippen molar-refractivity contribution in [1.29, 1.82) is 0 Å². The number of rotatable bonds is 24. The summed E-state index contributed by atoms with van der Waals surface area (Å²) in [5, 5.41) is 3.35. The van der Waals surface area contributed by atoms with Crippen molar-refractivity contribution in [2.75, 3.05) is 26.4 Å². The van der Waals surface area contributed by atoms with Crippen LogP contribution in [0.4, 0.5) is 0 Å². The molecule has 5 rings (SSSR count). The van der Waals surface area contributed by atoms with Gasteiger partial charge in [-0.25, -0.2) is 0 Å². The van der Waals surface area contributed by atoms with E-state index < -0.39 is 12.2 Å². The minimum Gasteiger partial charge on any atom is -0.490 e. The van der Waals surface area contributed by atoms with Gasteiger partial charge in [0, 0.05) is 34.4 Å². The van der Waals surface area contributed by atoms with Crippen molar-refractivity contribution in [3.05, 3.63) is 109 Å².